The van der Waals surface area contributed by atoms with Crippen LogP contribution in [0.2, 0.25) is 145 Å². The fourth-order valence-electron chi connectivity index (χ4n) is 14.0. The average Bonchev–Trinajstić information content (AvgIpc) is 0.747. The Hall–Kier alpha value is -3.02. The van der Waals surface area contributed by atoms with E-state index in [1.807, 2.05) is 0 Å². The molecule has 0 fully saturated rings. The highest BCUT2D eigenvalue weighted by Gasteiger charge is 2.47. The van der Waals surface area contributed by atoms with Crippen molar-refractivity contribution in [2.24, 2.45) is 0 Å². The van der Waals surface area contributed by atoms with E-state index >= 15 is 33.7 Å². The molecule has 0 atom stereocenters. The van der Waals surface area contributed by atoms with Crippen molar-refractivity contribution in [2.75, 3.05) is 187 Å². The van der Waals surface area contributed by atoms with Crippen LogP contribution >= 0.6 is 0 Å². The Morgan fingerprint density at radius 1 is 0.201 bits per heavy atom. The molecule has 0 N–H and O–H groups in total. The molecule has 4 aromatic carbocycles. The minimum Gasteiger partial charge on any atom is -0.491 e. The average molecular weight is 2240 g/mol. The number of nitrogens with zero attached hydrogens (tertiary/aromatic N) is 4. The fourth-order valence-corrected chi connectivity index (χ4v) is 28.3. The highest BCUT2D eigenvalue weighted by atomic mass is 32.2. The lowest BCUT2D eigenvalue weighted by atomic mass is 9.91. The Kier molecular flexibility index (Phi) is 47.1. The molecule has 144 heavy (non-hydrogen) atoms. The van der Waals surface area contributed by atoms with Crippen LogP contribution in [-0.4, -0.2) is 304 Å². The van der Waals surface area contributed by atoms with Crippen LogP contribution in [-0.2, 0) is 120 Å². The second-order valence-electron chi connectivity index (χ2n) is 50.8. The lowest BCUT2D eigenvalue weighted by molar-refractivity contribution is 0.144. The van der Waals surface area contributed by atoms with Gasteiger partial charge in [-0.15, -0.1) is 0 Å². The molecular weight excluding hydrogens is 2040 g/mol. The molecule has 0 saturated carbocycles. The Morgan fingerprint density at radius 3 is 0.410 bits per heavy atom. The van der Waals surface area contributed by atoms with E-state index in [0.717, 1.165) is 0 Å². The van der Waals surface area contributed by atoms with Crippen molar-refractivity contribution in [3.05, 3.63) is 93.0 Å². The molecule has 5 rings (SSSR count). The molecule has 0 radical (unpaired) electrons. The maximum atomic E-state index is 17.1. The SMILES string of the molecule is COCCOc1c2cc(S(=O)(=O)N(CCO[Si](C)(C)C(C)(C)C)CCO[Si](C)(C)C(C)(C)C)cc1Cc1cc(S(=O)(=O)N(CCO[Si](C)(C)C(C)(C)C)CCO[Si](C)(C)C(C)(C)C)cc(c1OCCOC)Cc1cc(S(=O)(=O)N(CCO[Si](C)(C)C(C)(C)C)CCO[Si](C)(C)C(C)(C)C)cc(c1OCCOC)Cc1cc(S(=O)(=O)N(CCO[Si](C)(C)C(C)(C)C)CCO[Si](C)(C)C(C)(C)C)cc(c1OCCOC)C2. The quantitative estimate of drug-likeness (QED) is 0.0258. The van der Waals surface area contributed by atoms with Crippen LogP contribution in [0.1, 0.15) is 211 Å². The number of sulfonamides is 4. The molecule has 1 aliphatic rings. The summed E-state index contributed by atoms with van der Waals surface area (Å²) in [6.07, 6.45) is -1.32. The maximum absolute atomic E-state index is 17.1. The van der Waals surface area contributed by atoms with Gasteiger partial charge < -0.3 is 73.3 Å². The van der Waals surface area contributed by atoms with Crippen LogP contribution in [0.4, 0.5) is 0 Å². The molecule has 0 amide bonds. The van der Waals surface area contributed by atoms with Crippen LogP contribution in [0.3, 0.4) is 0 Å². The largest absolute Gasteiger partial charge is 0.491 e. The number of rotatable bonds is 56. The molecule has 832 valence electrons. The number of fused-ring (bicyclic) bond motifs is 8. The number of methoxy groups -OCH3 is 4. The van der Waals surface area contributed by atoms with E-state index in [-0.39, 0.29) is 311 Å². The summed E-state index contributed by atoms with van der Waals surface area (Å²) in [5.41, 5.74) is 1.88. The Labute approximate surface area is 883 Å². The lowest BCUT2D eigenvalue weighted by Gasteiger charge is -2.38. The second kappa shape index (κ2) is 51.6. The van der Waals surface area contributed by atoms with E-state index in [1.165, 1.54) is 45.7 Å². The first kappa shape index (κ1) is 131. The Bertz CT molecular complexity index is 4410. The van der Waals surface area contributed by atoms with E-state index in [4.69, 9.17) is 73.3 Å². The Morgan fingerprint density at radius 2 is 0.312 bits per heavy atom. The molecule has 40 heteroatoms. The van der Waals surface area contributed by atoms with Gasteiger partial charge in [0.1, 0.15) is 49.4 Å². The molecule has 1 aliphatic carbocycles. The minimum absolute atomic E-state index is 0.0291. The minimum atomic E-state index is -4.76. The number of benzene rings is 4. The Balaban J connectivity index is 2.36. The lowest BCUT2D eigenvalue weighted by Crippen LogP contribution is -2.45. The van der Waals surface area contributed by atoms with Gasteiger partial charge in [-0.05, 0) is 194 Å². The summed E-state index contributed by atoms with van der Waals surface area (Å²) in [6.45, 7) is 84.2. The van der Waals surface area contributed by atoms with Gasteiger partial charge in [-0.3, -0.25) is 0 Å². The summed E-state index contributed by atoms with van der Waals surface area (Å²) < 4.78 is 250. The number of hydrogen-bond acceptors (Lipinski definition) is 24. The molecule has 4 aromatic rings. The summed E-state index contributed by atoms with van der Waals surface area (Å²) >= 11 is 0. The van der Waals surface area contributed by atoms with E-state index in [1.54, 1.807) is 48.5 Å². The zero-order chi connectivity index (χ0) is 110. The highest BCUT2D eigenvalue weighted by molar-refractivity contribution is 7.90. The molecular formula is C104H196N4O24S4Si8. The van der Waals surface area contributed by atoms with Gasteiger partial charge in [0.25, 0.3) is 0 Å². The van der Waals surface area contributed by atoms with Crippen molar-refractivity contribution < 1.29 is 107 Å². The van der Waals surface area contributed by atoms with E-state index in [0.29, 0.717) is 0 Å². The molecule has 0 aromatic heterocycles. The third-order valence-corrected chi connectivity index (χ3v) is 75.8. The zero-order valence-electron chi connectivity index (χ0n) is 97.6. The first-order valence-corrected chi connectivity index (χ1v) is 80.6. The van der Waals surface area contributed by atoms with Crippen LogP contribution in [0.25, 0.3) is 0 Å². The monoisotopic (exact) mass is 2240 g/mol. The first-order chi connectivity index (χ1) is 65.3. The van der Waals surface area contributed by atoms with Gasteiger partial charge in [0.05, 0.1) is 46.0 Å². The van der Waals surface area contributed by atoms with Gasteiger partial charge in [0.2, 0.25) is 40.1 Å². The number of ether oxygens (including phenoxy) is 8. The second-order valence-corrected chi connectivity index (χ2v) is 97.1. The van der Waals surface area contributed by atoms with Crippen molar-refractivity contribution in [1.82, 2.24) is 17.2 Å². The van der Waals surface area contributed by atoms with Crippen molar-refractivity contribution in [3.63, 3.8) is 0 Å². The predicted octanol–water partition coefficient (Wildman–Crippen LogP) is 22.6. The van der Waals surface area contributed by atoms with Gasteiger partial charge in [0.15, 0.2) is 66.5 Å². The predicted molar refractivity (Wildman–Crippen MR) is 607 cm³/mol. The molecule has 8 bridgehead atoms. The molecule has 0 unspecified atom stereocenters. The summed E-state index contributed by atoms with van der Waals surface area (Å²) in [5, 5.41) is -2.02. The zero-order valence-corrected chi connectivity index (χ0v) is 109. The third-order valence-electron chi connectivity index (χ3n) is 32.0. The van der Waals surface area contributed by atoms with E-state index < -0.39 is 107 Å². The van der Waals surface area contributed by atoms with Gasteiger partial charge in [0, 0.05) is 204 Å². The van der Waals surface area contributed by atoms with E-state index in [2.05, 4.69) is 271 Å². The standard InChI is InChI=1S/C104H196N4O24S4Si8/c1-97(2,3)137(29,30)125-53-45-105(46-54-126-138(31,32)98(4,5)6)133(109,110)89-73-81-69-83-75-90(134(111,112)106(47-55-127-139(33,34)99(7,8)9)48-56-128-140(35,36)100(10,11)12)77-85(94(83)122-66-62-118-26)71-87-79-92(136(115,116)108(51-59-131-143(41,42)103(19,20)21)52-60-132-144(43,44)104(22,23)24)80-88(96(87)124-68-64-120-28)72-86-78-91(76-84(95(86)123-67-63-119-27)70-82(74-89)93(81)121-65-61-117-25)135(113,114)107(49-57-129-141(37,38)101(13,14)15)50-58-130-142(39,40)102(16,17)18/h73-80H,45-72H2,1-44H3. The summed E-state index contributed by atoms with van der Waals surface area (Å²) in [5.74, 6) is 0.629. The normalized spacial score (nSPS) is 14.8. The molecule has 0 aliphatic heterocycles. The maximum Gasteiger partial charge on any atom is 0.243 e. The highest BCUT2D eigenvalue weighted by Crippen LogP contribution is 2.49. The van der Waals surface area contributed by atoms with E-state index in [9.17, 15) is 0 Å². The van der Waals surface area contributed by atoms with Gasteiger partial charge in [-0.2, -0.15) is 17.2 Å². The van der Waals surface area contributed by atoms with Crippen molar-refractivity contribution >= 4 is 107 Å². The summed E-state index contributed by atoms with van der Waals surface area (Å²) in [4.78, 5) is -0.770. The molecule has 0 spiro atoms. The summed E-state index contributed by atoms with van der Waals surface area (Å²) in [6, 6.07) is 12.6. The van der Waals surface area contributed by atoms with Crippen LogP contribution in [0.5, 0.6) is 23.0 Å². The summed E-state index contributed by atoms with van der Waals surface area (Å²) in [7, 11) is -33.3. The van der Waals surface area contributed by atoms with Gasteiger partial charge in [-0.1, -0.05) is 166 Å². The fraction of sp³-hybridized carbons (Fsp3) is 0.769. The van der Waals surface area contributed by atoms with Crippen molar-refractivity contribution in [2.45, 2.75) is 356 Å². The third kappa shape index (κ3) is 35.5. The van der Waals surface area contributed by atoms with Crippen LogP contribution in [0.15, 0.2) is 68.1 Å². The first-order valence-electron chi connectivity index (χ1n) is 51.6. The van der Waals surface area contributed by atoms with Crippen LogP contribution in [0, 0.1) is 0 Å². The number of hydrogen-bond donors (Lipinski definition) is 0. The topological polar surface area (TPSA) is 297 Å². The van der Waals surface area contributed by atoms with Crippen molar-refractivity contribution in [1.29, 1.82) is 0 Å². The van der Waals surface area contributed by atoms with Crippen molar-refractivity contribution in [3.8, 4) is 23.0 Å². The molecule has 28 nitrogen and oxygen atoms in total. The van der Waals surface area contributed by atoms with Crippen LogP contribution < -0.4 is 18.9 Å². The van der Waals surface area contributed by atoms with Gasteiger partial charge in [-0.25, -0.2) is 33.7 Å². The van der Waals surface area contributed by atoms with Gasteiger partial charge >= 0.3 is 0 Å². The smallest absolute Gasteiger partial charge is 0.243 e. The molecule has 0 saturated heterocycles. The molecule has 0 heterocycles.